The number of hydrogen-bond acceptors (Lipinski definition) is 5. The van der Waals surface area contributed by atoms with E-state index in [9.17, 15) is 16.8 Å². The van der Waals surface area contributed by atoms with Gasteiger partial charge in [0, 0.05) is 17.1 Å². The van der Waals surface area contributed by atoms with Gasteiger partial charge in [-0.1, -0.05) is 17.7 Å². The highest BCUT2D eigenvalue weighted by atomic mass is 32.2. The van der Waals surface area contributed by atoms with Crippen molar-refractivity contribution in [3.63, 3.8) is 0 Å². The number of fused-ring (bicyclic) bond motifs is 1. The van der Waals surface area contributed by atoms with Crippen molar-refractivity contribution >= 4 is 42.8 Å². The van der Waals surface area contributed by atoms with Gasteiger partial charge in [-0.2, -0.15) is 0 Å². The minimum Gasteiger partial charge on any atom is -0.279 e. The SMILES string of the molecule is Cc1ccc(S(=O)(=O)N2CCCc3cc(NS(=O)(=O)c4ccc(C)s4)ccc32)cc1. The molecule has 0 fully saturated rings. The summed E-state index contributed by atoms with van der Waals surface area (Å²) in [6.45, 7) is 4.15. The Hall–Kier alpha value is -2.36. The summed E-state index contributed by atoms with van der Waals surface area (Å²) in [5.74, 6) is 0. The predicted octanol–water partition coefficient (Wildman–Crippen LogP) is 4.31. The van der Waals surface area contributed by atoms with Gasteiger partial charge in [-0.05, 0) is 74.7 Å². The number of rotatable bonds is 5. The Morgan fingerprint density at radius 1 is 0.933 bits per heavy atom. The Kier molecular flexibility index (Phi) is 5.37. The van der Waals surface area contributed by atoms with E-state index < -0.39 is 20.0 Å². The molecule has 0 radical (unpaired) electrons. The van der Waals surface area contributed by atoms with Crippen molar-refractivity contribution < 1.29 is 16.8 Å². The molecular formula is C21H22N2O4S3. The summed E-state index contributed by atoms with van der Waals surface area (Å²) in [5, 5.41) is 0. The lowest BCUT2D eigenvalue weighted by atomic mass is 10.0. The molecule has 1 aliphatic heterocycles. The van der Waals surface area contributed by atoms with Crippen LogP contribution < -0.4 is 9.03 Å². The molecule has 9 heteroatoms. The van der Waals surface area contributed by atoms with Gasteiger partial charge in [0.1, 0.15) is 4.21 Å². The van der Waals surface area contributed by atoms with Crippen LogP contribution in [0, 0.1) is 13.8 Å². The molecule has 30 heavy (non-hydrogen) atoms. The van der Waals surface area contributed by atoms with E-state index >= 15 is 0 Å². The highest BCUT2D eigenvalue weighted by Crippen LogP contribution is 2.34. The van der Waals surface area contributed by atoms with Gasteiger partial charge in [0.25, 0.3) is 20.0 Å². The van der Waals surface area contributed by atoms with Crippen LogP contribution in [0.1, 0.15) is 22.4 Å². The van der Waals surface area contributed by atoms with Gasteiger partial charge in [-0.3, -0.25) is 9.03 Å². The predicted molar refractivity (Wildman–Crippen MR) is 120 cm³/mol. The van der Waals surface area contributed by atoms with Crippen molar-refractivity contribution in [1.29, 1.82) is 0 Å². The van der Waals surface area contributed by atoms with Crippen LogP contribution in [0.4, 0.5) is 11.4 Å². The minimum atomic E-state index is -3.68. The van der Waals surface area contributed by atoms with E-state index in [1.165, 1.54) is 15.6 Å². The van der Waals surface area contributed by atoms with Gasteiger partial charge in [-0.25, -0.2) is 16.8 Å². The quantitative estimate of drug-likeness (QED) is 0.613. The second-order valence-corrected chi connectivity index (χ2v) is 12.4. The highest BCUT2D eigenvalue weighted by molar-refractivity contribution is 7.94. The third-order valence-electron chi connectivity index (χ3n) is 5.00. The summed E-state index contributed by atoms with van der Waals surface area (Å²) in [6, 6.07) is 15.1. The van der Waals surface area contributed by atoms with E-state index in [4.69, 9.17) is 0 Å². The summed E-state index contributed by atoms with van der Waals surface area (Å²) in [4.78, 5) is 1.16. The zero-order valence-electron chi connectivity index (χ0n) is 16.6. The Morgan fingerprint density at radius 3 is 2.33 bits per heavy atom. The van der Waals surface area contributed by atoms with E-state index in [0.717, 1.165) is 16.0 Å². The van der Waals surface area contributed by atoms with Crippen molar-refractivity contribution in [2.75, 3.05) is 15.6 Å². The lowest BCUT2D eigenvalue weighted by Crippen LogP contribution is -2.35. The zero-order valence-corrected chi connectivity index (χ0v) is 19.1. The fraction of sp³-hybridized carbons (Fsp3) is 0.238. The zero-order chi connectivity index (χ0) is 21.5. The van der Waals surface area contributed by atoms with E-state index in [-0.39, 0.29) is 9.10 Å². The molecule has 3 aromatic rings. The average Bonchev–Trinajstić information content (AvgIpc) is 3.15. The van der Waals surface area contributed by atoms with Crippen molar-refractivity contribution in [1.82, 2.24) is 0 Å². The lowest BCUT2D eigenvalue weighted by Gasteiger charge is -2.31. The second kappa shape index (κ2) is 7.72. The molecule has 2 aromatic carbocycles. The summed E-state index contributed by atoms with van der Waals surface area (Å²) >= 11 is 1.21. The van der Waals surface area contributed by atoms with E-state index in [1.54, 1.807) is 54.6 Å². The summed E-state index contributed by atoms with van der Waals surface area (Å²) in [6.07, 6.45) is 1.35. The molecule has 1 N–H and O–H groups in total. The monoisotopic (exact) mass is 462 g/mol. The van der Waals surface area contributed by atoms with Crippen molar-refractivity contribution in [3.05, 3.63) is 70.6 Å². The number of hydrogen-bond donors (Lipinski definition) is 1. The van der Waals surface area contributed by atoms with Gasteiger partial charge >= 0.3 is 0 Å². The first-order valence-corrected chi connectivity index (χ1v) is 13.2. The molecule has 1 aliphatic rings. The standard InChI is InChI=1S/C21H22N2O4S3/c1-15-5-9-19(10-6-15)30(26,27)23-13-3-4-17-14-18(8-11-20(17)23)22-29(24,25)21-12-7-16(2)28-21/h5-12,14,22H,3-4,13H2,1-2H3. The number of nitrogens with zero attached hydrogens (tertiary/aromatic N) is 1. The minimum absolute atomic E-state index is 0.249. The molecule has 0 aliphatic carbocycles. The normalized spacial score (nSPS) is 14.4. The molecule has 0 saturated heterocycles. The van der Waals surface area contributed by atoms with Crippen LogP contribution in [0.25, 0.3) is 0 Å². The fourth-order valence-electron chi connectivity index (χ4n) is 3.48. The van der Waals surface area contributed by atoms with Gasteiger partial charge in [0.15, 0.2) is 0 Å². The smallest absolute Gasteiger partial charge is 0.271 e. The summed E-state index contributed by atoms with van der Waals surface area (Å²) in [7, 11) is -7.36. The van der Waals surface area contributed by atoms with E-state index in [0.29, 0.717) is 30.8 Å². The molecule has 0 spiro atoms. The van der Waals surface area contributed by atoms with Gasteiger partial charge in [-0.15, -0.1) is 11.3 Å². The van der Waals surface area contributed by atoms with Crippen molar-refractivity contribution in [2.45, 2.75) is 35.8 Å². The van der Waals surface area contributed by atoms with Crippen LogP contribution in [-0.4, -0.2) is 23.4 Å². The topological polar surface area (TPSA) is 83.6 Å². The van der Waals surface area contributed by atoms with Crippen LogP contribution in [0.2, 0.25) is 0 Å². The Morgan fingerprint density at radius 2 is 1.67 bits per heavy atom. The maximum atomic E-state index is 13.2. The van der Waals surface area contributed by atoms with E-state index in [2.05, 4.69) is 4.72 Å². The largest absolute Gasteiger partial charge is 0.279 e. The van der Waals surface area contributed by atoms with Crippen LogP contribution in [0.5, 0.6) is 0 Å². The van der Waals surface area contributed by atoms with Crippen LogP contribution in [-0.2, 0) is 26.5 Å². The summed E-state index contributed by atoms with van der Waals surface area (Å²) < 4.78 is 55.8. The molecule has 0 bridgehead atoms. The first kappa shape index (κ1) is 20.9. The molecule has 1 aromatic heterocycles. The highest BCUT2D eigenvalue weighted by Gasteiger charge is 2.29. The Bertz CT molecular complexity index is 1290. The molecule has 6 nitrogen and oxygen atoms in total. The second-order valence-electron chi connectivity index (χ2n) is 7.31. The molecule has 0 unspecified atom stereocenters. The number of benzene rings is 2. The fourth-order valence-corrected chi connectivity index (χ4v) is 7.35. The molecule has 158 valence electrons. The average molecular weight is 463 g/mol. The number of nitrogens with one attached hydrogen (secondary N) is 1. The van der Waals surface area contributed by atoms with Crippen molar-refractivity contribution in [3.8, 4) is 0 Å². The first-order chi connectivity index (χ1) is 14.2. The lowest BCUT2D eigenvalue weighted by molar-refractivity contribution is 0.586. The van der Waals surface area contributed by atoms with Gasteiger partial charge in [0.05, 0.1) is 10.6 Å². The number of anilines is 2. The molecule has 0 amide bonds. The van der Waals surface area contributed by atoms with E-state index in [1.807, 2.05) is 13.8 Å². The molecule has 0 atom stereocenters. The maximum Gasteiger partial charge on any atom is 0.271 e. The molecular weight excluding hydrogens is 440 g/mol. The Labute approximate surface area is 181 Å². The molecule has 4 rings (SSSR count). The number of sulfonamides is 2. The van der Waals surface area contributed by atoms with Gasteiger partial charge in [0.2, 0.25) is 0 Å². The first-order valence-electron chi connectivity index (χ1n) is 9.48. The van der Waals surface area contributed by atoms with Crippen molar-refractivity contribution in [2.24, 2.45) is 0 Å². The van der Waals surface area contributed by atoms with Gasteiger partial charge < -0.3 is 0 Å². The van der Waals surface area contributed by atoms with Crippen LogP contribution >= 0.6 is 11.3 Å². The third kappa shape index (κ3) is 3.97. The van der Waals surface area contributed by atoms with Crippen LogP contribution in [0.15, 0.2) is 63.7 Å². The Balaban J connectivity index is 1.65. The molecule has 2 heterocycles. The van der Waals surface area contributed by atoms with Crippen LogP contribution in [0.3, 0.4) is 0 Å². The number of aryl methyl sites for hydroxylation is 3. The molecule has 0 saturated carbocycles. The number of thiophene rings is 1. The third-order valence-corrected chi connectivity index (χ3v) is 9.70. The maximum absolute atomic E-state index is 13.2. The summed E-state index contributed by atoms with van der Waals surface area (Å²) in [5.41, 5.74) is 2.82.